The lowest BCUT2D eigenvalue weighted by atomic mass is 10.4. The first-order valence-electron chi connectivity index (χ1n) is 6.17. The molecule has 0 aliphatic carbocycles. The van der Waals surface area contributed by atoms with Crippen LogP contribution in [0.1, 0.15) is 6.92 Å². The summed E-state index contributed by atoms with van der Waals surface area (Å²) in [5.74, 6) is -0.315. The van der Waals surface area contributed by atoms with E-state index >= 15 is 0 Å². The third-order valence-corrected chi connectivity index (χ3v) is 2.49. The van der Waals surface area contributed by atoms with Crippen LogP contribution < -0.4 is 16.6 Å². The van der Waals surface area contributed by atoms with Gasteiger partial charge in [-0.15, -0.1) is 0 Å². The zero-order valence-electron chi connectivity index (χ0n) is 11.7. The summed E-state index contributed by atoms with van der Waals surface area (Å²) in [5.41, 5.74) is -0.0147. The lowest BCUT2D eigenvalue weighted by molar-refractivity contribution is -0.121. The molecule has 0 saturated heterocycles. The van der Waals surface area contributed by atoms with E-state index in [0.717, 1.165) is 10.1 Å². The molecule has 0 aliphatic heterocycles. The van der Waals surface area contributed by atoms with Crippen LogP contribution >= 0.6 is 0 Å². The van der Waals surface area contributed by atoms with Crippen LogP contribution in [-0.2, 0) is 23.1 Å². The Bertz CT molecular complexity index is 600. The number of hydrogen-bond donors (Lipinski definition) is 1. The lowest BCUT2D eigenvalue weighted by Crippen LogP contribution is -2.40. The molecule has 0 aromatic carbocycles. The number of hydrogen-bond acceptors (Lipinski definition) is 4. The van der Waals surface area contributed by atoms with Gasteiger partial charge in [0.15, 0.2) is 0 Å². The summed E-state index contributed by atoms with van der Waals surface area (Å²) in [6.45, 7) is 6.59. The molecule has 0 radical (unpaired) electrons. The quantitative estimate of drug-likeness (QED) is 0.527. The largest absolute Gasteiger partial charge is 0.375 e. The van der Waals surface area contributed by atoms with Crippen LogP contribution in [0, 0.1) is 0 Å². The first-order chi connectivity index (χ1) is 9.41. The molecule has 1 aromatic heterocycles. The average Bonchev–Trinajstić information content (AvgIpc) is 2.39. The number of carbonyl (C=O) groups excluding carboxylic acids is 1. The highest BCUT2D eigenvalue weighted by Crippen LogP contribution is 1.86. The number of ether oxygens (including phenoxy) is 1. The number of aromatic nitrogens is 2. The van der Waals surface area contributed by atoms with Gasteiger partial charge in [0.2, 0.25) is 5.91 Å². The molecule has 0 saturated carbocycles. The molecule has 7 nitrogen and oxygen atoms in total. The van der Waals surface area contributed by atoms with E-state index in [1.165, 1.54) is 23.9 Å². The van der Waals surface area contributed by atoms with Gasteiger partial charge in [-0.05, 0) is 6.92 Å². The van der Waals surface area contributed by atoms with Crippen molar-refractivity contribution in [2.45, 2.75) is 13.5 Å². The number of carbonyl (C=O) groups is 1. The SMILES string of the molecule is C=C(C)COCCNC(=O)Cn1ccc(=O)n(C)c1=O. The van der Waals surface area contributed by atoms with E-state index in [-0.39, 0.29) is 12.5 Å². The van der Waals surface area contributed by atoms with Gasteiger partial charge < -0.3 is 10.1 Å². The van der Waals surface area contributed by atoms with Crippen molar-refractivity contribution in [3.05, 3.63) is 45.3 Å². The van der Waals surface area contributed by atoms with Crippen LogP contribution in [0.25, 0.3) is 0 Å². The molecule has 20 heavy (non-hydrogen) atoms. The highest BCUT2D eigenvalue weighted by atomic mass is 16.5. The Morgan fingerprint density at radius 1 is 1.45 bits per heavy atom. The maximum absolute atomic E-state index is 11.7. The Hall–Kier alpha value is -2.15. The maximum Gasteiger partial charge on any atom is 0.331 e. The maximum atomic E-state index is 11.7. The molecule has 1 aromatic rings. The molecule has 1 heterocycles. The van der Waals surface area contributed by atoms with Crippen LogP contribution in [0.3, 0.4) is 0 Å². The van der Waals surface area contributed by atoms with Crippen molar-refractivity contribution in [2.24, 2.45) is 7.05 Å². The van der Waals surface area contributed by atoms with Crippen LogP contribution in [0.2, 0.25) is 0 Å². The summed E-state index contributed by atoms with van der Waals surface area (Å²) in [4.78, 5) is 34.5. The third-order valence-electron chi connectivity index (χ3n) is 2.49. The molecule has 110 valence electrons. The summed E-state index contributed by atoms with van der Waals surface area (Å²) >= 11 is 0. The second-order valence-corrected chi connectivity index (χ2v) is 4.48. The predicted octanol–water partition coefficient (Wildman–Crippen LogP) is -0.744. The Morgan fingerprint density at radius 2 is 2.15 bits per heavy atom. The second-order valence-electron chi connectivity index (χ2n) is 4.48. The summed E-state index contributed by atoms with van der Waals surface area (Å²) < 4.78 is 7.35. The molecule has 1 amide bonds. The second kappa shape index (κ2) is 7.44. The molecule has 1 N–H and O–H groups in total. The van der Waals surface area contributed by atoms with Gasteiger partial charge in [-0.1, -0.05) is 12.2 Å². The van der Waals surface area contributed by atoms with Crippen LogP contribution in [0.4, 0.5) is 0 Å². The van der Waals surface area contributed by atoms with Gasteiger partial charge in [0.05, 0.1) is 13.2 Å². The summed E-state index contributed by atoms with van der Waals surface area (Å²) in [6.07, 6.45) is 1.31. The fraction of sp³-hybridized carbons (Fsp3) is 0.462. The normalized spacial score (nSPS) is 10.3. The molecule has 0 fully saturated rings. The van der Waals surface area contributed by atoms with Gasteiger partial charge >= 0.3 is 5.69 Å². The van der Waals surface area contributed by atoms with Gasteiger partial charge in [0.1, 0.15) is 6.54 Å². The van der Waals surface area contributed by atoms with Crippen molar-refractivity contribution in [3.63, 3.8) is 0 Å². The minimum atomic E-state index is -0.522. The molecule has 0 spiro atoms. The molecule has 1 rings (SSSR count). The fourth-order valence-corrected chi connectivity index (χ4v) is 1.46. The standard InChI is InChI=1S/C13H19N3O4/c1-10(2)9-20-7-5-14-11(17)8-16-6-4-12(18)15(3)13(16)19/h4,6H,1,5,7-9H2,2-3H3,(H,14,17). The van der Waals surface area contributed by atoms with Gasteiger partial charge in [0, 0.05) is 25.9 Å². The summed E-state index contributed by atoms with van der Waals surface area (Å²) in [7, 11) is 1.37. The molecule has 0 atom stereocenters. The lowest BCUT2D eigenvalue weighted by Gasteiger charge is -2.08. The third kappa shape index (κ3) is 4.85. The van der Waals surface area contributed by atoms with Crippen LogP contribution in [-0.4, -0.2) is 34.8 Å². The minimum absolute atomic E-state index is 0.132. The highest BCUT2D eigenvalue weighted by molar-refractivity contribution is 5.75. The molecule has 0 bridgehead atoms. The minimum Gasteiger partial charge on any atom is -0.375 e. The van der Waals surface area contributed by atoms with Crippen molar-refractivity contribution in [3.8, 4) is 0 Å². The number of rotatable bonds is 7. The Labute approximate surface area is 116 Å². The monoisotopic (exact) mass is 281 g/mol. The van der Waals surface area contributed by atoms with E-state index < -0.39 is 11.2 Å². The smallest absolute Gasteiger partial charge is 0.331 e. The van der Waals surface area contributed by atoms with Crippen LogP contribution in [0.15, 0.2) is 34.0 Å². The van der Waals surface area contributed by atoms with Crippen molar-refractivity contribution < 1.29 is 9.53 Å². The van der Waals surface area contributed by atoms with E-state index in [2.05, 4.69) is 11.9 Å². The van der Waals surface area contributed by atoms with Crippen LogP contribution in [0.5, 0.6) is 0 Å². The fourth-order valence-electron chi connectivity index (χ4n) is 1.46. The molecular weight excluding hydrogens is 262 g/mol. The van der Waals surface area contributed by atoms with E-state index in [1.54, 1.807) is 0 Å². The zero-order valence-corrected chi connectivity index (χ0v) is 11.7. The molecular formula is C13H19N3O4. The van der Waals surface area contributed by atoms with Gasteiger partial charge in [-0.2, -0.15) is 0 Å². The number of nitrogens with zero attached hydrogens (tertiary/aromatic N) is 2. The van der Waals surface area contributed by atoms with Crippen molar-refractivity contribution in [2.75, 3.05) is 19.8 Å². The zero-order chi connectivity index (χ0) is 15.1. The van der Waals surface area contributed by atoms with E-state index in [4.69, 9.17) is 4.74 Å². The van der Waals surface area contributed by atoms with Crippen molar-refractivity contribution in [1.29, 1.82) is 0 Å². The summed E-state index contributed by atoms with van der Waals surface area (Å²) in [5, 5.41) is 2.63. The predicted molar refractivity (Wildman–Crippen MR) is 74.6 cm³/mol. The molecule has 0 aliphatic rings. The topological polar surface area (TPSA) is 82.3 Å². The summed E-state index contributed by atoms with van der Waals surface area (Å²) in [6, 6.07) is 1.24. The first-order valence-corrected chi connectivity index (χ1v) is 6.17. The Balaban J connectivity index is 2.44. The van der Waals surface area contributed by atoms with Gasteiger partial charge in [-0.3, -0.25) is 18.7 Å². The van der Waals surface area contributed by atoms with Crippen molar-refractivity contribution >= 4 is 5.91 Å². The van der Waals surface area contributed by atoms with Gasteiger partial charge in [0.25, 0.3) is 5.56 Å². The molecule has 0 unspecified atom stereocenters. The Morgan fingerprint density at radius 3 is 2.80 bits per heavy atom. The first kappa shape index (κ1) is 15.9. The highest BCUT2D eigenvalue weighted by Gasteiger charge is 2.06. The number of nitrogens with one attached hydrogen (secondary N) is 1. The Kier molecular flexibility index (Phi) is 5.92. The average molecular weight is 281 g/mol. The molecule has 7 heteroatoms. The number of amides is 1. The van der Waals surface area contributed by atoms with E-state index in [1.807, 2.05) is 6.92 Å². The van der Waals surface area contributed by atoms with E-state index in [9.17, 15) is 14.4 Å². The van der Waals surface area contributed by atoms with Crippen molar-refractivity contribution in [1.82, 2.24) is 14.5 Å². The van der Waals surface area contributed by atoms with Gasteiger partial charge in [-0.25, -0.2) is 4.79 Å². The van der Waals surface area contributed by atoms with E-state index in [0.29, 0.717) is 19.8 Å².